The average Bonchev–Trinajstić information content (AvgIpc) is 2.78. The molecule has 0 aliphatic heterocycles. The molecule has 3 N–H and O–H groups in total. The first-order valence-corrected chi connectivity index (χ1v) is 9.73. The Kier molecular flexibility index (Phi) is 5.53. The van der Waals surface area contributed by atoms with Crippen molar-refractivity contribution in [2.45, 2.75) is 51.4 Å². The number of carbonyl (C=O) groups is 2. The molecule has 0 spiro atoms. The van der Waals surface area contributed by atoms with Crippen LogP contribution in [0, 0.1) is 0 Å². The number of hydrogen-bond donors (Lipinski definition) is 2. The molecule has 1 atom stereocenters. The molecule has 1 heterocycles. The van der Waals surface area contributed by atoms with Gasteiger partial charge in [-0.05, 0) is 43.2 Å². The number of hydrogen-bond acceptors (Lipinski definition) is 3. The van der Waals surface area contributed by atoms with Gasteiger partial charge in [-0.15, -0.1) is 11.3 Å². The van der Waals surface area contributed by atoms with Crippen LogP contribution in [-0.4, -0.2) is 11.8 Å². The maximum Gasteiger partial charge on any atom is 0.251 e. The Morgan fingerprint density at radius 2 is 1.88 bits per heavy atom. The van der Waals surface area contributed by atoms with E-state index in [9.17, 15) is 9.59 Å². The van der Waals surface area contributed by atoms with Gasteiger partial charge in [0.05, 0.1) is 11.5 Å². The van der Waals surface area contributed by atoms with Gasteiger partial charge in [-0.3, -0.25) is 9.59 Å². The van der Waals surface area contributed by atoms with Crippen LogP contribution in [0.2, 0.25) is 0 Å². The Labute approximate surface area is 152 Å². The average molecular weight is 356 g/mol. The lowest BCUT2D eigenvalue weighted by Gasteiger charge is -2.15. The van der Waals surface area contributed by atoms with E-state index >= 15 is 0 Å². The van der Waals surface area contributed by atoms with Gasteiger partial charge >= 0.3 is 0 Å². The molecule has 3 rings (SSSR count). The van der Waals surface area contributed by atoms with Crippen LogP contribution in [0.5, 0.6) is 0 Å². The largest absolute Gasteiger partial charge is 0.365 e. The molecule has 1 aliphatic carbocycles. The molecule has 1 aromatic heterocycles. The second-order valence-corrected chi connectivity index (χ2v) is 7.60. The summed E-state index contributed by atoms with van der Waals surface area (Å²) < 4.78 is 0. The third-order valence-electron chi connectivity index (χ3n) is 4.83. The molecule has 0 saturated carbocycles. The van der Waals surface area contributed by atoms with Crippen molar-refractivity contribution in [3.63, 3.8) is 0 Å². The number of fused-ring (bicyclic) bond motifs is 1. The van der Waals surface area contributed by atoms with E-state index in [-0.39, 0.29) is 11.8 Å². The number of amides is 2. The predicted molar refractivity (Wildman–Crippen MR) is 102 cm³/mol. The third-order valence-corrected chi connectivity index (χ3v) is 6.04. The zero-order valence-electron chi connectivity index (χ0n) is 14.5. The van der Waals surface area contributed by atoms with Gasteiger partial charge in [0.25, 0.3) is 5.91 Å². The Bertz CT molecular complexity index is 768. The maximum absolute atomic E-state index is 12.8. The number of carbonyl (C=O) groups excluding carboxylic acids is 2. The summed E-state index contributed by atoms with van der Waals surface area (Å²) in [4.78, 5) is 26.1. The van der Waals surface area contributed by atoms with Crippen LogP contribution >= 0.6 is 11.3 Å². The molecule has 0 fully saturated rings. The monoisotopic (exact) mass is 356 g/mol. The molecule has 2 aromatic rings. The number of thiophene rings is 1. The Hall–Kier alpha value is -2.14. The summed E-state index contributed by atoms with van der Waals surface area (Å²) in [6.45, 7) is 2.00. The van der Waals surface area contributed by atoms with E-state index in [1.165, 1.54) is 22.6 Å². The van der Waals surface area contributed by atoms with E-state index in [0.717, 1.165) is 36.8 Å². The van der Waals surface area contributed by atoms with Crippen LogP contribution in [0.1, 0.15) is 64.9 Å². The number of aryl methyl sites for hydroxylation is 1. The molecular formula is C20H24N2O2S. The van der Waals surface area contributed by atoms with Crippen molar-refractivity contribution >= 4 is 28.2 Å². The van der Waals surface area contributed by atoms with Crippen LogP contribution < -0.4 is 11.1 Å². The molecule has 1 aromatic carbocycles. The van der Waals surface area contributed by atoms with E-state index in [1.807, 2.05) is 37.3 Å². The summed E-state index contributed by atoms with van der Waals surface area (Å²) in [6.07, 6.45) is 5.90. The van der Waals surface area contributed by atoms with Crippen molar-refractivity contribution in [2.24, 2.45) is 5.73 Å². The van der Waals surface area contributed by atoms with Crippen molar-refractivity contribution in [1.29, 1.82) is 0 Å². The molecule has 5 heteroatoms. The highest BCUT2D eigenvalue weighted by molar-refractivity contribution is 7.17. The number of rotatable bonds is 5. The lowest BCUT2D eigenvalue weighted by molar-refractivity contribution is -0.117. The van der Waals surface area contributed by atoms with E-state index in [1.54, 1.807) is 0 Å². The standard InChI is InChI=1S/C20H24N2O2S/c1-2-14(13-9-5-3-6-10-13)19(24)22-20-17(18(21)23)15-11-7-4-8-12-16(15)25-20/h3,5-6,9-10,14H,2,4,7-8,11-12H2,1H3,(H2,21,23)(H,22,24). The summed E-state index contributed by atoms with van der Waals surface area (Å²) in [5.41, 5.74) is 8.21. The molecule has 25 heavy (non-hydrogen) atoms. The zero-order chi connectivity index (χ0) is 17.8. The minimum absolute atomic E-state index is 0.0763. The predicted octanol–water partition coefficient (Wildman–Crippen LogP) is 4.25. The third kappa shape index (κ3) is 3.76. The van der Waals surface area contributed by atoms with E-state index < -0.39 is 5.91 Å². The van der Waals surface area contributed by atoms with Crippen LogP contribution in [0.3, 0.4) is 0 Å². The van der Waals surface area contributed by atoms with Crippen molar-refractivity contribution in [3.05, 3.63) is 51.9 Å². The maximum atomic E-state index is 12.8. The van der Waals surface area contributed by atoms with Gasteiger partial charge in [-0.1, -0.05) is 43.7 Å². The van der Waals surface area contributed by atoms with Crippen LogP contribution in [0.25, 0.3) is 0 Å². The molecule has 1 unspecified atom stereocenters. The number of primary amides is 1. The molecule has 0 bridgehead atoms. The summed E-state index contributed by atoms with van der Waals surface area (Å²) in [7, 11) is 0. The Morgan fingerprint density at radius 3 is 2.56 bits per heavy atom. The summed E-state index contributed by atoms with van der Waals surface area (Å²) >= 11 is 1.52. The van der Waals surface area contributed by atoms with Crippen LogP contribution in [-0.2, 0) is 17.6 Å². The smallest absolute Gasteiger partial charge is 0.251 e. The minimum atomic E-state index is -0.442. The lowest BCUT2D eigenvalue weighted by Crippen LogP contribution is -2.22. The van der Waals surface area contributed by atoms with Crippen molar-refractivity contribution < 1.29 is 9.59 Å². The zero-order valence-corrected chi connectivity index (χ0v) is 15.3. The number of benzene rings is 1. The summed E-state index contributed by atoms with van der Waals surface area (Å²) in [5.74, 6) is -0.751. The fraction of sp³-hybridized carbons (Fsp3) is 0.400. The highest BCUT2D eigenvalue weighted by atomic mass is 32.1. The van der Waals surface area contributed by atoms with Crippen LogP contribution in [0.15, 0.2) is 30.3 Å². The highest BCUT2D eigenvalue weighted by Crippen LogP contribution is 2.38. The van der Waals surface area contributed by atoms with Gasteiger partial charge in [0, 0.05) is 4.88 Å². The topological polar surface area (TPSA) is 72.2 Å². The second kappa shape index (κ2) is 7.83. The van der Waals surface area contributed by atoms with Crippen molar-refractivity contribution in [3.8, 4) is 0 Å². The fourth-order valence-electron chi connectivity index (χ4n) is 3.55. The van der Waals surface area contributed by atoms with Gasteiger partial charge in [-0.2, -0.15) is 0 Å². The molecule has 2 amide bonds. The Morgan fingerprint density at radius 1 is 1.16 bits per heavy atom. The van der Waals surface area contributed by atoms with Crippen molar-refractivity contribution in [1.82, 2.24) is 0 Å². The number of nitrogens with one attached hydrogen (secondary N) is 1. The van der Waals surface area contributed by atoms with E-state index in [4.69, 9.17) is 5.73 Å². The molecule has 0 saturated heterocycles. The molecule has 1 aliphatic rings. The highest BCUT2D eigenvalue weighted by Gasteiger charge is 2.26. The first-order chi connectivity index (χ1) is 12.1. The van der Waals surface area contributed by atoms with Gasteiger partial charge < -0.3 is 11.1 Å². The molecule has 132 valence electrons. The first kappa shape index (κ1) is 17.7. The SMILES string of the molecule is CCC(C(=O)Nc1sc2c(c1C(N)=O)CCCCC2)c1ccccc1. The summed E-state index contributed by atoms with van der Waals surface area (Å²) in [6, 6.07) is 9.75. The normalized spacial score (nSPS) is 15.1. The number of nitrogens with two attached hydrogens (primary N) is 1. The van der Waals surface area contributed by atoms with E-state index in [2.05, 4.69) is 5.32 Å². The molecular weight excluding hydrogens is 332 g/mol. The fourth-order valence-corrected chi connectivity index (χ4v) is 4.85. The lowest BCUT2D eigenvalue weighted by atomic mass is 9.95. The molecule has 4 nitrogen and oxygen atoms in total. The van der Waals surface area contributed by atoms with E-state index in [0.29, 0.717) is 17.0 Å². The minimum Gasteiger partial charge on any atom is -0.365 e. The summed E-state index contributed by atoms with van der Waals surface area (Å²) in [5, 5.41) is 3.62. The second-order valence-electron chi connectivity index (χ2n) is 6.49. The van der Waals surface area contributed by atoms with Gasteiger partial charge in [0.1, 0.15) is 5.00 Å². The Balaban J connectivity index is 1.89. The van der Waals surface area contributed by atoms with Gasteiger partial charge in [-0.25, -0.2) is 0 Å². The number of anilines is 1. The quantitative estimate of drug-likeness (QED) is 0.786. The van der Waals surface area contributed by atoms with Crippen molar-refractivity contribution in [2.75, 3.05) is 5.32 Å². The van der Waals surface area contributed by atoms with Gasteiger partial charge in [0.15, 0.2) is 0 Å². The van der Waals surface area contributed by atoms with Gasteiger partial charge in [0.2, 0.25) is 5.91 Å². The van der Waals surface area contributed by atoms with Crippen LogP contribution in [0.4, 0.5) is 5.00 Å². The first-order valence-electron chi connectivity index (χ1n) is 8.92. The molecule has 0 radical (unpaired) electrons.